The number of hydrogen-bond donors (Lipinski definition) is 1. The van der Waals surface area contributed by atoms with Crippen LogP contribution in [0.15, 0.2) is 11.6 Å². The van der Waals surface area contributed by atoms with Crippen LogP contribution in [0.3, 0.4) is 0 Å². The molecule has 5 heteroatoms. The molecule has 2 aromatic heterocycles. The standard InChI is InChI=1S/C11H15N3S2/c1-7-4-13-11(16-7)8(2)12-5-10-6-15-9(3)14-10/h4,6,8,12H,5H2,1-3H3. The van der Waals surface area contributed by atoms with Crippen LogP contribution in [0.1, 0.15) is 33.6 Å². The average molecular weight is 253 g/mol. The van der Waals surface area contributed by atoms with Crippen LogP contribution in [0, 0.1) is 13.8 Å². The number of thiazole rings is 2. The molecule has 2 heterocycles. The summed E-state index contributed by atoms with van der Waals surface area (Å²) >= 11 is 3.44. The zero-order valence-corrected chi connectivity index (χ0v) is 11.3. The van der Waals surface area contributed by atoms with Crippen LogP contribution in [0.5, 0.6) is 0 Å². The lowest BCUT2D eigenvalue weighted by Gasteiger charge is -2.09. The summed E-state index contributed by atoms with van der Waals surface area (Å²) in [5, 5.41) is 7.80. The van der Waals surface area contributed by atoms with Gasteiger partial charge in [0.25, 0.3) is 0 Å². The largest absolute Gasteiger partial charge is 0.302 e. The number of nitrogens with zero attached hydrogens (tertiary/aromatic N) is 2. The van der Waals surface area contributed by atoms with Crippen molar-refractivity contribution in [1.29, 1.82) is 0 Å². The highest BCUT2D eigenvalue weighted by Crippen LogP contribution is 2.19. The maximum Gasteiger partial charge on any atom is 0.109 e. The Labute approximate surface area is 104 Å². The Balaban J connectivity index is 1.91. The van der Waals surface area contributed by atoms with E-state index in [2.05, 4.69) is 34.5 Å². The first-order chi connectivity index (χ1) is 7.65. The Bertz CT molecular complexity index is 461. The minimum Gasteiger partial charge on any atom is -0.302 e. The van der Waals surface area contributed by atoms with Crippen molar-refractivity contribution in [3.05, 3.63) is 32.2 Å². The van der Waals surface area contributed by atoms with Crippen molar-refractivity contribution in [3.63, 3.8) is 0 Å². The molecule has 86 valence electrons. The van der Waals surface area contributed by atoms with E-state index in [1.54, 1.807) is 22.7 Å². The zero-order valence-electron chi connectivity index (χ0n) is 9.65. The molecule has 0 aliphatic rings. The van der Waals surface area contributed by atoms with E-state index in [0.717, 1.165) is 22.3 Å². The van der Waals surface area contributed by atoms with Crippen LogP contribution >= 0.6 is 22.7 Å². The van der Waals surface area contributed by atoms with Crippen molar-refractivity contribution >= 4 is 22.7 Å². The molecule has 2 aromatic rings. The van der Waals surface area contributed by atoms with Crippen molar-refractivity contribution in [2.24, 2.45) is 0 Å². The molecule has 0 amide bonds. The number of rotatable bonds is 4. The number of hydrogen-bond acceptors (Lipinski definition) is 5. The molecule has 0 aliphatic carbocycles. The molecule has 0 aliphatic heterocycles. The van der Waals surface area contributed by atoms with Crippen LogP contribution in [-0.2, 0) is 6.54 Å². The van der Waals surface area contributed by atoms with Crippen LogP contribution in [0.25, 0.3) is 0 Å². The molecule has 0 fully saturated rings. The highest BCUT2D eigenvalue weighted by molar-refractivity contribution is 7.11. The van der Waals surface area contributed by atoms with Crippen molar-refractivity contribution in [2.45, 2.75) is 33.4 Å². The molecule has 0 spiro atoms. The predicted molar refractivity (Wildman–Crippen MR) is 69.0 cm³/mol. The maximum absolute atomic E-state index is 4.42. The molecule has 0 aromatic carbocycles. The quantitative estimate of drug-likeness (QED) is 0.910. The third-order valence-electron chi connectivity index (χ3n) is 2.27. The highest BCUT2D eigenvalue weighted by Gasteiger charge is 2.09. The second-order valence-corrected chi connectivity index (χ2v) is 6.10. The summed E-state index contributed by atoms with van der Waals surface area (Å²) in [6, 6.07) is 0.292. The van der Waals surface area contributed by atoms with E-state index in [-0.39, 0.29) is 0 Å². The van der Waals surface area contributed by atoms with Gasteiger partial charge in [0.05, 0.1) is 16.7 Å². The van der Waals surface area contributed by atoms with Gasteiger partial charge in [0.2, 0.25) is 0 Å². The van der Waals surface area contributed by atoms with Gasteiger partial charge in [0.1, 0.15) is 5.01 Å². The Hall–Kier alpha value is -0.780. The van der Waals surface area contributed by atoms with Gasteiger partial charge in [-0.3, -0.25) is 0 Å². The number of nitrogens with one attached hydrogen (secondary N) is 1. The molecule has 0 radical (unpaired) electrons. The Morgan fingerprint density at radius 1 is 1.44 bits per heavy atom. The van der Waals surface area contributed by atoms with Crippen molar-refractivity contribution in [3.8, 4) is 0 Å². The molecule has 0 saturated heterocycles. The summed E-state index contributed by atoms with van der Waals surface area (Å²) in [6.07, 6.45) is 1.92. The van der Waals surface area contributed by atoms with Crippen LogP contribution in [0.4, 0.5) is 0 Å². The van der Waals surface area contributed by atoms with Gasteiger partial charge in [-0.2, -0.15) is 0 Å². The van der Waals surface area contributed by atoms with Crippen LogP contribution in [-0.4, -0.2) is 9.97 Å². The first-order valence-electron chi connectivity index (χ1n) is 5.22. The van der Waals surface area contributed by atoms with Gasteiger partial charge in [-0.15, -0.1) is 22.7 Å². The van der Waals surface area contributed by atoms with Crippen LogP contribution in [0.2, 0.25) is 0 Å². The summed E-state index contributed by atoms with van der Waals surface area (Å²) < 4.78 is 0. The topological polar surface area (TPSA) is 37.8 Å². The SMILES string of the molecule is Cc1cnc(C(C)NCc2csc(C)n2)s1. The normalized spacial score (nSPS) is 12.9. The molecular weight excluding hydrogens is 238 g/mol. The van der Waals surface area contributed by atoms with Crippen molar-refractivity contribution < 1.29 is 0 Å². The summed E-state index contributed by atoms with van der Waals surface area (Å²) in [6.45, 7) is 7.06. The Kier molecular flexibility index (Phi) is 3.68. The molecule has 0 bridgehead atoms. The van der Waals surface area contributed by atoms with E-state index >= 15 is 0 Å². The summed E-state index contributed by atoms with van der Waals surface area (Å²) in [5.41, 5.74) is 1.11. The fourth-order valence-corrected chi connectivity index (χ4v) is 2.82. The fraction of sp³-hybridized carbons (Fsp3) is 0.455. The van der Waals surface area contributed by atoms with Gasteiger partial charge in [-0.1, -0.05) is 0 Å². The average Bonchev–Trinajstić information content (AvgIpc) is 2.84. The van der Waals surface area contributed by atoms with E-state index in [4.69, 9.17) is 0 Å². The summed E-state index contributed by atoms with van der Waals surface area (Å²) in [5.74, 6) is 0. The molecule has 3 nitrogen and oxygen atoms in total. The molecular formula is C11H15N3S2. The van der Waals surface area contributed by atoms with E-state index in [1.165, 1.54) is 4.88 Å². The first kappa shape index (κ1) is 11.7. The summed E-state index contributed by atoms with van der Waals surface area (Å²) in [7, 11) is 0. The third kappa shape index (κ3) is 2.87. The van der Waals surface area contributed by atoms with Crippen LogP contribution < -0.4 is 5.32 Å². The Morgan fingerprint density at radius 2 is 2.25 bits per heavy atom. The van der Waals surface area contributed by atoms with Gasteiger partial charge >= 0.3 is 0 Å². The number of aromatic nitrogens is 2. The van der Waals surface area contributed by atoms with Gasteiger partial charge in [-0.05, 0) is 20.8 Å². The second-order valence-electron chi connectivity index (χ2n) is 3.77. The first-order valence-corrected chi connectivity index (χ1v) is 6.91. The fourth-order valence-electron chi connectivity index (χ4n) is 1.41. The monoisotopic (exact) mass is 253 g/mol. The molecule has 1 N–H and O–H groups in total. The zero-order chi connectivity index (χ0) is 11.5. The highest BCUT2D eigenvalue weighted by atomic mass is 32.1. The lowest BCUT2D eigenvalue weighted by atomic mass is 10.3. The van der Waals surface area contributed by atoms with Gasteiger partial charge in [0.15, 0.2) is 0 Å². The number of aryl methyl sites for hydroxylation is 2. The Morgan fingerprint density at radius 3 is 2.81 bits per heavy atom. The molecule has 0 saturated carbocycles. The smallest absolute Gasteiger partial charge is 0.109 e. The second kappa shape index (κ2) is 5.03. The van der Waals surface area contributed by atoms with Gasteiger partial charge < -0.3 is 5.32 Å². The van der Waals surface area contributed by atoms with Gasteiger partial charge in [-0.25, -0.2) is 9.97 Å². The lowest BCUT2D eigenvalue weighted by molar-refractivity contribution is 0.566. The van der Waals surface area contributed by atoms with E-state index in [1.807, 2.05) is 13.1 Å². The van der Waals surface area contributed by atoms with E-state index in [9.17, 15) is 0 Å². The van der Waals surface area contributed by atoms with Crippen molar-refractivity contribution in [2.75, 3.05) is 0 Å². The lowest BCUT2D eigenvalue weighted by Crippen LogP contribution is -2.18. The molecule has 1 atom stereocenters. The van der Waals surface area contributed by atoms with E-state index < -0.39 is 0 Å². The minimum atomic E-state index is 0.292. The van der Waals surface area contributed by atoms with Gasteiger partial charge in [0, 0.05) is 23.0 Å². The molecule has 1 unspecified atom stereocenters. The van der Waals surface area contributed by atoms with Crippen molar-refractivity contribution in [1.82, 2.24) is 15.3 Å². The minimum absolute atomic E-state index is 0.292. The predicted octanol–water partition coefficient (Wildman–Crippen LogP) is 3.07. The molecule has 2 rings (SSSR count). The molecule has 16 heavy (non-hydrogen) atoms. The van der Waals surface area contributed by atoms with E-state index in [0.29, 0.717) is 6.04 Å². The maximum atomic E-state index is 4.42. The third-order valence-corrected chi connectivity index (χ3v) is 4.18. The summed E-state index contributed by atoms with van der Waals surface area (Å²) in [4.78, 5) is 10.0.